The van der Waals surface area contributed by atoms with E-state index in [4.69, 9.17) is 11.6 Å². The van der Waals surface area contributed by atoms with Crippen molar-refractivity contribution in [1.82, 2.24) is 9.21 Å². The fourth-order valence-corrected chi connectivity index (χ4v) is 4.79. The molecule has 2 aromatic rings. The third kappa shape index (κ3) is 5.64. The summed E-state index contributed by atoms with van der Waals surface area (Å²) in [6, 6.07) is 9.60. The molecular weight excluding hydrogens is 438 g/mol. The third-order valence-corrected chi connectivity index (χ3v) is 7.49. The average Bonchev–Trinajstić information content (AvgIpc) is 2.71. The van der Waals surface area contributed by atoms with Crippen LogP contribution in [0.25, 0.3) is 0 Å². The van der Waals surface area contributed by atoms with Crippen molar-refractivity contribution in [2.24, 2.45) is 0 Å². The Bertz CT molecular complexity index is 1080. The van der Waals surface area contributed by atoms with Gasteiger partial charge in [0.1, 0.15) is 0 Å². The molecule has 2 rings (SSSR count). The fourth-order valence-electron chi connectivity index (χ4n) is 3.11. The van der Waals surface area contributed by atoms with E-state index in [-0.39, 0.29) is 27.9 Å². The van der Waals surface area contributed by atoms with Gasteiger partial charge in [-0.25, -0.2) is 8.42 Å². The van der Waals surface area contributed by atoms with E-state index in [2.05, 4.69) is 5.32 Å². The summed E-state index contributed by atoms with van der Waals surface area (Å²) in [6.07, 6.45) is 0. The zero-order valence-corrected chi connectivity index (χ0v) is 20.0. The minimum atomic E-state index is -3.75. The summed E-state index contributed by atoms with van der Waals surface area (Å²) in [5.41, 5.74) is 2.69. The predicted molar refractivity (Wildman–Crippen MR) is 123 cm³/mol. The monoisotopic (exact) mass is 465 g/mol. The zero-order chi connectivity index (χ0) is 23.3. The van der Waals surface area contributed by atoms with Gasteiger partial charge in [-0.1, -0.05) is 37.6 Å². The standard InChI is InChI=1S/C22H28ClN3O4S/c1-6-26(7-2)31(29,30)17-11-12-19(23)18(13-17)22(28)25(5)14-21(27)24-20-10-8-9-15(3)16(20)4/h8-13H,6-7,14H2,1-5H3,(H,24,27). The molecule has 2 aromatic carbocycles. The maximum atomic E-state index is 12.9. The zero-order valence-electron chi connectivity index (χ0n) is 18.4. The van der Waals surface area contributed by atoms with Crippen LogP contribution in [0, 0.1) is 13.8 Å². The molecule has 2 amide bonds. The Morgan fingerprint density at radius 1 is 1.06 bits per heavy atom. The van der Waals surface area contributed by atoms with Crippen LogP contribution in [0.2, 0.25) is 5.02 Å². The lowest BCUT2D eigenvalue weighted by Gasteiger charge is -2.21. The number of rotatable bonds is 8. The maximum absolute atomic E-state index is 12.9. The Morgan fingerprint density at radius 2 is 1.71 bits per heavy atom. The third-order valence-electron chi connectivity index (χ3n) is 5.12. The van der Waals surface area contributed by atoms with E-state index in [9.17, 15) is 18.0 Å². The molecular formula is C22H28ClN3O4S. The van der Waals surface area contributed by atoms with Crippen LogP contribution in [0.3, 0.4) is 0 Å². The fraction of sp³-hybridized carbons (Fsp3) is 0.364. The molecule has 0 bridgehead atoms. The lowest BCUT2D eigenvalue weighted by atomic mass is 10.1. The first-order chi connectivity index (χ1) is 14.5. The van der Waals surface area contributed by atoms with Crippen molar-refractivity contribution in [3.8, 4) is 0 Å². The number of carbonyl (C=O) groups excluding carboxylic acids is 2. The Kier molecular flexibility index (Phi) is 8.22. The highest BCUT2D eigenvalue weighted by Crippen LogP contribution is 2.24. The van der Waals surface area contributed by atoms with Gasteiger partial charge in [-0.15, -0.1) is 0 Å². The van der Waals surface area contributed by atoms with Gasteiger partial charge >= 0.3 is 0 Å². The first kappa shape index (κ1) is 24.8. The van der Waals surface area contributed by atoms with Gasteiger partial charge in [-0.2, -0.15) is 4.31 Å². The summed E-state index contributed by atoms with van der Waals surface area (Å²) in [7, 11) is -2.28. The molecule has 168 valence electrons. The first-order valence-electron chi connectivity index (χ1n) is 9.94. The van der Waals surface area contributed by atoms with E-state index in [0.29, 0.717) is 18.8 Å². The average molecular weight is 466 g/mol. The number of halogens is 1. The van der Waals surface area contributed by atoms with Crippen LogP contribution in [0.1, 0.15) is 35.3 Å². The summed E-state index contributed by atoms with van der Waals surface area (Å²) in [6.45, 7) is 7.74. The highest BCUT2D eigenvalue weighted by atomic mass is 35.5. The first-order valence-corrected chi connectivity index (χ1v) is 11.8. The van der Waals surface area contributed by atoms with Crippen LogP contribution >= 0.6 is 11.6 Å². The number of amides is 2. The van der Waals surface area contributed by atoms with E-state index >= 15 is 0 Å². The lowest BCUT2D eigenvalue weighted by molar-refractivity contribution is -0.116. The number of carbonyl (C=O) groups is 2. The Labute approximate surface area is 189 Å². The van der Waals surface area contributed by atoms with Crippen LogP contribution in [0.15, 0.2) is 41.3 Å². The number of nitrogens with one attached hydrogen (secondary N) is 1. The molecule has 0 aromatic heterocycles. The maximum Gasteiger partial charge on any atom is 0.255 e. The van der Waals surface area contributed by atoms with Crippen molar-refractivity contribution in [3.63, 3.8) is 0 Å². The van der Waals surface area contributed by atoms with E-state index in [0.717, 1.165) is 11.1 Å². The van der Waals surface area contributed by atoms with Crippen LogP contribution in [0.5, 0.6) is 0 Å². The number of sulfonamides is 1. The van der Waals surface area contributed by atoms with Crippen molar-refractivity contribution in [3.05, 3.63) is 58.1 Å². The number of nitrogens with zero attached hydrogens (tertiary/aromatic N) is 2. The largest absolute Gasteiger partial charge is 0.332 e. The van der Waals surface area contributed by atoms with Gasteiger partial charge in [0.15, 0.2) is 0 Å². The number of hydrogen-bond acceptors (Lipinski definition) is 4. The van der Waals surface area contributed by atoms with Crippen molar-refractivity contribution >= 4 is 39.1 Å². The second-order valence-electron chi connectivity index (χ2n) is 7.19. The lowest BCUT2D eigenvalue weighted by Crippen LogP contribution is -2.35. The molecule has 9 heteroatoms. The second kappa shape index (κ2) is 10.3. The normalized spacial score (nSPS) is 11.5. The SMILES string of the molecule is CCN(CC)S(=O)(=O)c1ccc(Cl)c(C(=O)N(C)CC(=O)Nc2cccc(C)c2C)c1. The van der Waals surface area contributed by atoms with Gasteiger partial charge < -0.3 is 10.2 Å². The summed E-state index contributed by atoms with van der Waals surface area (Å²) in [5, 5.41) is 2.92. The Hall–Kier alpha value is -2.42. The van der Waals surface area contributed by atoms with E-state index in [1.54, 1.807) is 19.9 Å². The van der Waals surface area contributed by atoms with E-state index < -0.39 is 15.9 Å². The highest BCUT2D eigenvalue weighted by molar-refractivity contribution is 7.89. The quantitative estimate of drug-likeness (QED) is 0.644. The molecule has 0 radical (unpaired) electrons. The molecule has 0 spiro atoms. The number of hydrogen-bond donors (Lipinski definition) is 1. The topological polar surface area (TPSA) is 86.8 Å². The van der Waals surface area contributed by atoms with Gasteiger partial charge in [-0.05, 0) is 49.2 Å². The summed E-state index contributed by atoms with van der Waals surface area (Å²) < 4.78 is 26.9. The number of likely N-dealkylation sites (N-methyl/N-ethyl adjacent to an activating group) is 1. The number of benzene rings is 2. The molecule has 0 saturated carbocycles. The summed E-state index contributed by atoms with van der Waals surface area (Å²) in [4.78, 5) is 26.6. The van der Waals surface area contributed by atoms with E-state index in [1.165, 1.54) is 34.5 Å². The number of aryl methyl sites for hydroxylation is 1. The Balaban J connectivity index is 2.22. The summed E-state index contributed by atoms with van der Waals surface area (Å²) in [5.74, 6) is -0.912. The second-order valence-corrected chi connectivity index (χ2v) is 9.53. The van der Waals surface area contributed by atoms with E-state index in [1.807, 2.05) is 26.0 Å². The van der Waals surface area contributed by atoms with Crippen molar-refractivity contribution in [2.45, 2.75) is 32.6 Å². The molecule has 0 unspecified atom stereocenters. The van der Waals surface area contributed by atoms with Gasteiger partial charge in [0.2, 0.25) is 15.9 Å². The minimum Gasteiger partial charge on any atom is -0.332 e. The molecule has 0 aliphatic rings. The van der Waals surface area contributed by atoms with Crippen molar-refractivity contribution in [2.75, 3.05) is 32.0 Å². The predicted octanol–water partition coefficient (Wildman–Crippen LogP) is 3.70. The van der Waals surface area contributed by atoms with Gasteiger partial charge in [0, 0.05) is 25.8 Å². The molecule has 1 N–H and O–H groups in total. The van der Waals surface area contributed by atoms with Gasteiger partial charge in [0.25, 0.3) is 5.91 Å². The molecule has 0 fully saturated rings. The molecule has 0 heterocycles. The molecule has 0 saturated heterocycles. The number of anilines is 1. The molecule has 0 aliphatic carbocycles. The van der Waals surface area contributed by atoms with Crippen molar-refractivity contribution < 1.29 is 18.0 Å². The molecule has 7 nitrogen and oxygen atoms in total. The van der Waals surface area contributed by atoms with Gasteiger partial charge in [-0.3, -0.25) is 9.59 Å². The van der Waals surface area contributed by atoms with Crippen LogP contribution < -0.4 is 5.32 Å². The smallest absolute Gasteiger partial charge is 0.255 e. The van der Waals surface area contributed by atoms with Crippen LogP contribution in [-0.4, -0.2) is 56.1 Å². The summed E-state index contributed by atoms with van der Waals surface area (Å²) >= 11 is 6.18. The Morgan fingerprint density at radius 3 is 2.32 bits per heavy atom. The molecule has 0 aliphatic heterocycles. The minimum absolute atomic E-state index is 0.0165. The molecule has 31 heavy (non-hydrogen) atoms. The van der Waals surface area contributed by atoms with Crippen LogP contribution in [-0.2, 0) is 14.8 Å². The molecule has 0 atom stereocenters. The van der Waals surface area contributed by atoms with Crippen LogP contribution in [0.4, 0.5) is 5.69 Å². The van der Waals surface area contributed by atoms with Gasteiger partial charge in [0.05, 0.1) is 22.0 Å². The van der Waals surface area contributed by atoms with Crippen molar-refractivity contribution in [1.29, 1.82) is 0 Å². The highest BCUT2D eigenvalue weighted by Gasteiger charge is 2.25.